The normalized spacial score (nSPS) is 29.0. The predicted molar refractivity (Wildman–Crippen MR) is 113 cm³/mol. The largest absolute Gasteiger partial charge is 0.377 e. The lowest BCUT2D eigenvalue weighted by Crippen LogP contribution is -2.69. The molecule has 3 atom stereocenters. The molecule has 1 saturated heterocycles. The topological polar surface area (TPSA) is 45.7 Å². The second kappa shape index (κ2) is 8.42. The first-order chi connectivity index (χ1) is 12.2. The highest BCUT2D eigenvalue weighted by Gasteiger charge is 2.65. The number of nitrogens with zero attached hydrogens (tertiary/aromatic N) is 1. The van der Waals surface area contributed by atoms with Crippen LogP contribution < -0.4 is 10.6 Å². The predicted octanol–water partition coefficient (Wildman–Crippen LogP) is 3.50. The standard InChI is InChI=1S/C20H28FN3O.HI/c1-22-19(23-12-8-14-6-2-3-7-16(14)21)24-17-15-9-13-25-18(15)20(17)10-4-5-11-20;/h2-3,6-7,15,17-18H,4-5,8-13H2,1H3,(H2,22,23,24);1H. The van der Waals surface area contributed by atoms with Crippen LogP contribution in [0.5, 0.6) is 0 Å². The SMILES string of the molecule is CN=C(NCCc1ccccc1F)NC1C2CCOC2C12CCCC2.I. The number of nitrogens with one attached hydrogen (secondary N) is 2. The second-order valence-corrected chi connectivity index (χ2v) is 7.65. The fourth-order valence-electron chi connectivity index (χ4n) is 5.26. The molecule has 1 aliphatic heterocycles. The van der Waals surface area contributed by atoms with Gasteiger partial charge in [-0.3, -0.25) is 4.99 Å². The molecule has 26 heavy (non-hydrogen) atoms. The van der Waals surface area contributed by atoms with Gasteiger partial charge in [0, 0.05) is 37.6 Å². The van der Waals surface area contributed by atoms with Crippen molar-refractivity contribution in [3.8, 4) is 0 Å². The van der Waals surface area contributed by atoms with Gasteiger partial charge in [0.05, 0.1) is 6.10 Å². The first kappa shape index (κ1) is 19.9. The molecule has 4 nitrogen and oxygen atoms in total. The van der Waals surface area contributed by atoms with Gasteiger partial charge in [-0.05, 0) is 37.3 Å². The number of hydrogen-bond acceptors (Lipinski definition) is 2. The van der Waals surface area contributed by atoms with Crippen LogP contribution in [0.15, 0.2) is 29.3 Å². The minimum atomic E-state index is -0.137. The third kappa shape index (κ3) is 3.46. The van der Waals surface area contributed by atoms with Gasteiger partial charge >= 0.3 is 0 Å². The summed E-state index contributed by atoms with van der Waals surface area (Å²) in [7, 11) is 1.81. The van der Waals surface area contributed by atoms with Crippen LogP contribution in [0.4, 0.5) is 4.39 Å². The summed E-state index contributed by atoms with van der Waals surface area (Å²) < 4.78 is 19.8. The van der Waals surface area contributed by atoms with E-state index in [4.69, 9.17) is 4.74 Å². The van der Waals surface area contributed by atoms with Crippen molar-refractivity contribution in [2.75, 3.05) is 20.2 Å². The maximum Gasteiger partial charge on any atom is 0.191 e. The van der Waals surface area contributed by atoms with E-state index in [1.54, 1.807) is 13.1 Å². The highest BCUT2D eigenvalue weighted by atomic mass is 127. The van der Waals surface area contributed by atoms with Gasteiger partial charge in [0.2, 0.25) is 0 Å². The van der Waals surface area contributed by atoms with Gasteiger partial charge in [-0.1, -0.05) is 31.0 Å². The summed E-state index contributed by atoms with van der Waals surface area (Å²) in [5, 5.41) is 7.04. The van der Waals surface area contributed by atoms with Crippen molar-refractivity contribution in [3.05, 3.63) is 35.6 Å². The number of fused-ring (bicyclic) bond motifs is 2. The van der Waals surface area contributed by atoms with E-state index in [0.29, 0.717) is 36.4 Å². The lowest BCUT2D eigenvalue weighted by atomic mass is 9.54. The summed E-state index contributed by atoms with van der Waals surface area (Å²) in [5.41, 5.74) is 1.05. The smallest absolute Gasteiger partial charge is 0.191 e. The maximum atomic E-state index is 13.7. The van der Waals surface area contributed by atoms with Gasteiger partial charge in [-0.25, -0.2) is 4.39 Å². The summed E-state index contributed by atoms with van der Waals surface area (Å²) in [4.78, 5) is 4.39. The van der Waals surface area contributed by atoms with E-state index in [1.165, 1.54) is 31.7 Å². The highest BCUT2D eigenvalue weighted by molar-refractivity contribution is 14.0. The van der Waals surface area contributed by atoms with Crippen LogP contribution in [0.2, 0.25) is 0 Å². The average Bonchev–Trinajstić information content (AvgIpc) is 3.28. The average molecular weight is 473 g/mol. The zero-order valence-electron chi connectivity index (χ0n) is 15.3. The molecule has 1 aromatic carbocycles. The van der Waals surface area contributed by atoms with Crippen molar-refractivity contribution in [2.24, 2.45) is 16.3 Å². The zero-order chi connectivity index (χ0) is 17.3. The van der Waals surface area contributed by atoms with Crippen molar-refractivity contribution in [2.45, 2.75) is 50.7 Å². The molecule has 144 valence electrons. The Bertz CT molecular complexity index is 648. The van der Waals surface area contributed by atoms with E-state index in [2.05, 4.69) is 15.6 Å². The van der Waals surface area contributed by atoms with Crippen LogP contribution in [0, 0.1) is 17.2 Å². The quantitative estimate of drug-likeness (QED) is 0.400. The third-order valence-electron chi connectivity index (χ3n) is 6.45. The fraction of sp³-hybridized carbons (Fsp3) is 0.650. The number of benzene rings is 1. The maximum absolute atomic E-state index is 13.7. The molecule has 3 fully saturated rings. The van der Waals surface area contributed by atoms with Crippen molar-refractivity contribution >= 4 is 29.9 Å². The second-order valence-electron chi connectivity index (χ2n) is 7.65. The Morgan fingerprint density at radius 2 is 2.08 bits per heavy atom. The van der Waals surface area contributed by atoms with E-state index in [9.17, 15) is 4.39 Å². The minimum Gasteiger partial charge on any atom is -0.377 e. The number of aliphatic imine (C=N–C) groups is 1. The molecule has 2 aliphatic carbocycles. The fourth-order valence-corrected chi connectivity index (χ4v) is 5.26. The molecule has 3 aliphatic rings. The van der Waals surface area contributed by atoms with Crippen molar-refractivity contribution < 1.29 is 9.13 Å². The molecule has 4 rings (SSSR count). The lowest BCUT2D eigenvalue weighted by Gasteiger charge is -2.57. The summed E-state index contributed by atoms with van der Waals surface area (Å²) in [5.74, 6) is 1.31. The summed E-state index contributed by atoms with van der Waals surface area (Å²) in [6, 6.07) is 7.42. The van der Waals surface area contributed by atoms with Crippen LogP contribution in [0.3, 0.4) is 0 Å². The Morgan fingerprint density at radius 1 is 1.31 bits per heavy atom. The summed E-state index contributed by atoms with van der Waals surface area (Å²) in [6.07, 6.45) is 7.39. The first-order valence-corrected chi connectivity index (χ1v) is 9.57. The number of hydrogen-bond donors (Lipinski definition) is 2. The molecule has 2 N–H and O–H groups in total. The Balaban J connectivity index is 0.00000196. The first-order valence-electron chi connectivity index (χ1n) is 9.57. The molecular formula is C20H29FIN3O. The molecule has 1 spiro atoms. The van der Waals surface area contributed by atoms with E-state index in [0.717, 1.165) is 24.6 Å². The summed E-state index contributed by atoms with van der Waals surface area (Å²) >= 11 is 0. The molecule has 0 aromatic heterocycles. The number of rotatable bonds is 4. The number of ether oxygens (including phenoxy) is 1. The molecule has 0 radical (unpaired) electrons. The van der Waals surface area contributed by atoms with Crippen LogP contribution in [0.1, 0.15) is 37.7 Å². The Morgan fingerprint density at radius 3 is 2.81 bits per heavy atom. The van der Waals surface area contributed by atoms with Gasteiger partial charge in [-0.15, -0.1) is 24.0 Å². The monoisotopic (exact) mass is 473 g/mol. The van der Waals surface area contributed by atoms with Gasteiger partial charge < -0.3 is 15.4 Å². The number of guanidine groups is 1. The molecular weight excluding hydrogens is 444 g/mol. The molecule has 1 aromatic rings. The van der Waals surface area contributed by atoms with Crippen molar-refractivity contribution in [1.29, 1.82) is 0 Å². The van der Waals surface area contributed by atoms with Crippen molar-refractivity contribution in [1.82, 2.24) is 10.6 Å². The van der Waals surface area contributed by atoms with E-state index in [1.807, 2.05) is 12.1 Å². The molecule has 2 saturated carbocycles. The molecule has 6 heteroatoms. The minimum absolute atomic E-state index is 0. The van der Waals surface area contributed by atoms with E-state index in [-0.39, 0.29) is 29.8 Å². The zero-order valence-corrected chi connectivity index (χ0v) is 17.7. The Hall–Kier alpha value is -0.890. The van der Waals surface area contributed by atoms with E-state index < -0.39 is 0 Å². The van der Waals surface area contributed by atoms with Crippen LogP contribution in [0.25, 0.3) is 0 Å². The van der Waals surface area contributed by atoms with E-state index >= 15 is 0 Å². The van der Waals surface area contributed by atoms with Crippen LogP contribution in [-0.4, -0.2) is 38.3 Å². The van der Waals surface area contributed by atoms with Crippen molar-refractivity contribution in [3.63, 3.8) is 0 Å². The molecule has 1 heterocycles. The molecule has 3 unspecified atom stereocenters. The lowest BCUT2D eigenvalue weighted by molar-refractivity contribution is -0.125. The van der Waals surface area contributed by atoms with Gasteiger partial charge in [0.15, 0.2) is 5.96 Å². The highest BCUT2D eigenvalue weighted by Crippen LogP contribution is 2.60. The molecule has 0 bridgehead atoms. The third-order valence-corrected chi connectivity index (χ3v) is 6.45. The van der Waals surface area contributed by atoms with Gasteiger partial charge in [-0.2, -0.15) is 0 Å². The van der Waals surface area contributed by atoms with Crippen LogP contribution in [-0.2, 0) is 11.2 Å². The Labute approximate surface area is 172 Å². The number of halogens is 2. The molecule has 0 amide bonds. The Kier molecular flexibility index (Phi) is 6.43. The van der Waals surface area contributed by atoms with Gasteiger partial charge in [0.25, 0.3) is 0 Å². The summed E-state index contributed by atoms with van der Waals surface area (Å²) in [6.45, 7) is 1.57. The van der Waals surface area contributed by atoms with Crippen LogP contribution >= 0.6 is 24.0 Å². The van der Waals surface area contributed by atoms with Gasteiger partial charge in [0.1, 0.15) is 5.82 Å².